The van der Waals surface area contributed by atoms with Crippen LogP contribution >= 0.6 is 0 Å². The Hall–Kier alpha value is -1.75. The summed E-state index contributed by atoms with van der Waals surface area (Å²) < 4.78 is 0. The van der Waals surface area contributed by atoms with Crippen molar-refractivity contribution in [3.8, 4) is 11.5 Å². The summed E-state index contributed by atoms with van der Waals surface area (Å²) in [7, 11) is 1.60. The van der Waals surface area contributed by atoms with Crippen molar-refractivity contribution in [1.29, 1.82) is 0 Å². The standard InChI is InChI=1S/C12H17NO4/c1-8(14)3-4-13(2)12(17)9-5-10(15)7-11(16)6-9/h5-8,14-16H,3-4H2,1-2H3. The number of phenolic OH excluding ortho intramolecular Hbond substituents is 2. The highest BCUT2D eigenvalue weighted by molar-refractivity contribution is 5.94. The van der Waals surface area contributed by atoms with Crippen LogP contribution in [-0.2, 0) is 0 Å². The number of rotatable bonds is 4. The summed E-state index contributed by atoms with van der Waals surface area (Å²) in [5, 5.41) is 27.7. The average Bonchev–Trinajstić information content (AvgIpc) is 2.23. The number of aromatic hydroxyl groups is 2. The van der Waals surface area contributed by atoms with Crippen LogP contribution in [-0.4, -0.2) is 45.8 Å². The van der Waals surface area contributed by atoms with Gasteiger partial charge < -0.3 is 20.2 Å². The molecule has 0 aliphatic carbocycles. The molecule has 0 spiro atoms. The molecule has 1 rings (SSSR count). The molecular formula is C12H17NO4. The summed E-state index contributed by atoms with van der Waals surface area (Å²) >= 11 is 0. The van der Waals surface area contributed by atoms with Gasteiger partial charge in [0.2, 0.25) is 0 Å². The molecule has 0 heterocycles. The zero-order chi connectivity index (χ0) is 13.0. The van der Waals surface area contributed by atoms with E-state index in [-0.39, 0.29) is 23.0 Å². The minimum atomic E-state index is -0.470. The average molecular weight is 239 g/mol. The third kappa shape index (κ3) is 3.96. The summed E-state index contributed by atoms with van der Waals surface area (Å²) in [4.78, 5) is 13.3. The molecule has 5 heteroatoms. The molecule has 1 amide bonds. The van der Waals surface area contributed by atoms with Gasteiger partial charge in [-0.05, 0) is 25.5 Å². The van der Waals surface area contributed by atoms with E-state index in [0.717, 1.165) is 6.07 Å². The van der Waals surface area contributed by atoms with Crippen LogP contribution in [0.4, 0.5) is 0 Å². The Morgan fingerprint density at radius 2 is 1.82 bits per heavy atom. The normalized spacial score (nSPS) is 12.2. The van der Waals surface area contributed by atoms with Crippen LogP contribution in [0.2, 0.25) is 0 Å². The van der Waals surface area contributed by atoms with Gasteiger partial charge in [-0.3, -0.25) is 4.79 Å². The summed E-state index contributed by atoms with van der Waals surface area (Å²) in [5.74, 6) is -0.619. The molecule has 0 radical (unpaired) electrons. The van der Waals surface area contributed by atoms with Gasteiger partial charge in [0.05, 0.1) is 6.10 Å². The van der Waals surface area contributed by atoms with E-state index in [1.165, 1.54) is 17.0 Å². The number of hydrogen-bond acceptors (Lipinski definition) is 4. The van der Waals surface area contributed by atoms with Gasteiger partial charge in [0.25, 0.3) is 5.91 Å². The lowest BCUT2D eigenvalue weighted by molar-refractivity contribution is 0.0768. The molecule has 1 aromatic rings. The maximum Gasteiger partial charge on any atom is 0.253 e. The minimum absolute atomic E-state index is 0.155. The molecule has 0 aliphatic rings. The zero-order valence-electron chi connectivity index (χ0n) is 9.92. The van der Waals surface area contributed by atoms with Crippen LogP contribution in [0, 0.1) is 0 Å². The predicted octanol–water partition coefficient (Wildman–Crippen LogP) is 0.941. The highest BCUT2D eigenvalue weighted by Crippen LogP contribution is 2.21. The smallest absolute Gasteiger partial charge is 0.253 e. The number of nitrogens with zero attached hydrogens (tertiary/aromatic N) is 1. The Kier molecular flexibility index (Phi) is 4.34. The molecule has 0 aliphatic heterocycles. The van der Waals surface area contributed by atoms with Gasteiger partial charge in [-0.2, -0.15) is 0 Å². The third-order valence-electron chi connectivity index (χ3n) is 2.38. The van der Waals surface area contributed by atoms with E-state index in [4.69, 9.17) is 5.11 Å². The molecule has 0 saturated carbocycles. The number of amides is 1. The van der Waals surface area contributed by atoms with E-state index in [1.54, 1.807) is 14.0 Å². The number of hydrogen-bond donors (Lipinski definition) is 3. The second kappa shape index (κ2) is 5.54. The maximum absolute atomic E-state index is 11.9. The highest BCUT2D eigenvalue weighted by Gasteiger charge is 2.13. The molecule has 0 fully saturated rings. The molecule has 0 saturated heterocycles. The molecule has 1 unspecified atom stereocenters. The largest absolute Gasteiger partial charge is 0.508 e. The summed E-state index contributed by atoms with van der Waals surface area (Å²) in [6, 6.07) is 3.74. The lowest BCUT2D eigenvalue weighted by atomic mass is 10.1. The van der Waals surface area contributed by atoms with Crippen molar-refractivity contribution in [2.45, 2.75) is 19.4 Å². The van der Waals surface area contributed by atoms with Crippen molar-refractivity contribution in [2.75, 3.05) is 13.6 Å². The first-order chi connectivity index (χ1) is 7.90. The summed E-state index contributed by atoms with van der Waals surface area (Å²) in [6.45, 7) is 2.06. The predicted molar refractivity (Wildman–Crippen MR) is 63.0 cm³/mol. The molecular weight excluding hydrogens is 222 g/mol. The van der Waals surface area contributed by atoms with Crippen LogP contribution in [0.1, 0.15) is 23.7 Å². The lowest BCUT2D eigenvalue weighted by Gasteiger charge is -2.18. The zero-order valence-corrected chi connectivity index (χ0v) is 9.92. The molecule has 1 aromatic carbocycles. The van der Waals surface area contributed by atoms with Gasteiger partial charge in [0.15, 0.2) is 0 Å². The second-order valence-electron chi connectivity index (χ2n) is 4.10. The number of aliphatic hydroxyl groups is 1. The Morgan fingerprint density at radius 3 is 2.29 bits per heavy atom. The first-order valence-electron chi connectivity index (χ1n) is 5.36. The number of carbonyl (C=O) groups excluding carboxylic acids is 1. The van der Waals surface area contributed by atoms with E-state index >= 15 is 0 Å². The monoisotopic (exact) mass is 239 g/mol. The van der Waals surface area contributed by atoms with Crippen LogP contribution in [0.25, 0.3) is 0 Å². The quantitative estimate of drug-likeness (QED) is 0.730. The van der Waals surface area contributed by atoms with E-state index < -0.39 is 6.10 Å². The van der Waals surface area contributed by atoms with Gasteiger partial charge in [0, 0.05) is 25.2 Å². The molecule has 1 atom stereocenters. The van der Waals surface area contributed by atoms with E-state index in [9.17, 15) is 15.0 Å². The first kappa shape index (κ1) is 13.3. The Labute approximate surface area is 99.9 Å². The number of phenols is 2. The number of benzene rings is 1. The highest BCUT2D eigenvalue weighted by atomic mass is 16.3. The lowest BCUT2D eigenvalue weighted by Crippen LogP contribution is -2.29. The number of aliphatic hydroxyl groups excluding tert-OH is 1. The topological polar surface area (TPSA) is 81.0 Å². The van der Waals surface area contributed by atoms with Crippen molar-refractivity contribution in [1.82, 2.24) is 4.90 Å². The van der Waals surface area contributed by atoms with Crippen molar-refractivity contribution in [3.63, 3.8) is 0 Å². The molecule has 3 N–H and O–H groups in total. The fourth-order valence-electron chi connectivity index (χ4n) is 1.42. The van der Waals surface area contributed by atoms with Gasteiger partial charge in [-0.25, -0.2) is 0 Å². The molecule has 0 bridgehead atoms. The Bertz CT molecular complexity index is 383. The molecule has 94 valence electrons. The van der Waals surface area contributed by atoms with Crippen LogP contribution in [0.5, 0.6) is 11.5 Å². The van der Waals surface area contributed by atoms with Gasteiger partial charge in [0.1, 0.15) is 11.5 Å². The SMILES string of the molecule is CC(O)CCN(C)C(=O)c1cc(O)cc(O)c1. The van der Waals surface area contributed by atoms with E-state index in [0.29, 0.717) is 13.0 Å². The first-order valence-corrected chi connectivity index (χ1v) is 5.36. The Balaban J connectivity index is 2.74. The van der Waals surface area contributed by atoms with Crippen LogP contribution in [0.15, 0.2) is 18.2 Å². The second-order valence-corrected chi connectivity index (χ2v) is 4.10. The van der Waals surface area contributed by atoms with Crippen LogP contribution in [0.3, 0.4) is 0 Å². The van der Waals surface area contributed by atoms with Crippen molar-refractivity contribution in [2.24, 2.45) is 0 Å². The Morgan fingerprint density at radius 1 is 1.29 bits per heavy atom. The van der Waals surface area contributed by atoms with Crippen molar-refractivity contribution < 1.29 is 20.1 Å². The van der Waals surface area contributed by atoms with Gasteiger partial charge in [-0.15, -0.1) is 0 Å². The fraction of sp³-hybridized carbons (Fsp3) is 0.417. The van der Waals surface area contributed by atoms with Crippen molar-refractivity contribution in [3.05, 3.63) is 23.8 Å². The molecule has 5 nitrogen and oxygen atoms in total. The van der Waals surface area contributed by atoms with Crippen molar-refractivity contribution >= 4 is 5.91 Å². The molecule has 17 heavy (non-hydrogen) atoms. The van der Waals surface area contributed by atoms with Gasteiger partial charge >= 0.3 is 0 Å². The summed E-state index contributed by atoms with van der Waals surface area (Å²) in [5.41, 5.74) is 0.218. The fourth-order valence-corrected chi connectivity index (χ4v) is 1.42. The molecule has 0 aromatic heterocycles. The maximum atomic E-state index is 11.9. The number of carbonyl (C=O) groups is 1. The van der Waals surface area contributed by atoms with Crippen LogP contribution < -0.4 is 0 Å². The van der Waals surface area contributed by atoms with E-state index in [1.807, 2.05) is 0 Å². The van der Waals surface area contributed by atoms with E-state index in [2.05, 4.69) is 0 Å². The summed E-state index contributed by atoms with van der Waals surface area (Å²) in [6.07, 6.45) is 0.00960. The minimum Gasteiger partial charge on any atom is -0.508 e. The third-order valence-corrected chi connectivity index (χ3v) is 2.38. The van der Waals surface area contributed by atoms with Gasteiger partial charge in [-0.1, -0.05) is 0 Å².